The van der Waals surface area contributed by atoms with Crippen molar-refractivity contribution in [2.75, 3.05) is 6.54 Å². The highest BCUT2D eigenvalue weighted by atomic mass is 16.2. The van der Waals surface area contributed by atoms with Crippen LogP contribution in [0.5, 0.6) is 0 Å². The Morgan fingerprint density at radius 1 is 1.23 bits per heavy atom. The van der Waals surface area contributed by atoms with Crippen molar-refractivity contribution < 1.29 is 14.4 Å². The molecule has 7 heteroatoms. The number of hydrogen-bond acceptors (Lipinski definition) is 5. The normalized spacial score (nSPS) is 33.3. The van der Waals surface area contributed by atoms with Crippen LogP contribution in [0.25, 0.3) is 0 Å². The average molecular weight is 354 g/mol. The predicted octanol–water partition coefficient (Wildman–Crippen LogP) is 0.123. The van der Waals surface area contributed by atoms with Gasteiger partial charge in [0.15, 0.2) is 0 Å². The molecule has 4 fully saturated rings. The van der Waals surface area contributed by atoms with E-state index in [1.165, 1.54) is 0 Å². The second kappa shape index (κ2) is 5.37. The number of fused-ring (bicyclic) bond motifs is 2. The summed E-state index contributed by atoms with van der Waals surface area (Å²) in [5.74, 6) is -0.744. The summed E-state index contributed by atoms with van der Waals surface area (Å²) < 4.78 is 0. The van der Waals surface area contributed by atoms with Crippen molar-refractivity contribution in [3.05, 3.63) is 34.9 Å². The van der Waals surface area contributed by atoms with Crippen LogP contribution in [0.3, 0.4) is 0 Å². The molecule has 4 aliphatic heterocycles. The molecule has 0 aromatic heterocycles. The third kappa shape index (κ3) is 2.30. The highest BCUT2D eigenvalue weighted by Gasteiger charge is 2.52. The molecule has 136 valence electrons. The Bertz CT molecular complexity index is 830. The maximum Gasteiger partial charge on any atom is 0.255 e. The van der Waals surface area contributed by atoms with Gasteiger partial charge in [-0.15, -0.1) is 0 Å². The number of hydrogen-bond donors (Lipinski definition) is 2. The van der Waals surface area contributed by atoms with Crippen molar-refractivity contribution in [2.45, 2.75) is 56.4 Å². The standard InChI is InChI=1S/C19H22N4O3/c20-19-6-12(7-19)22(10-19)8-11-2-1-3-13-14(11)9-23(18(13)26)15-4-5-16(24)21-17(15)25/h1-3,12,15H,4-10,20H2,(H,21,24,25). The quantitative estimate of drug-likeness (QED) is 0.752. The van der Waals surface area contributed by atoms with Gasteiger partial charge in [-0.3, -0.25) is 24.6 Å². The molecular weight excluding hydrogens is 332 g/mol. The van der Waals surface area contributed by atoms with Crippen LogP contribution in [0.2, 0.25) is 0 Å². The number of benzene rings is 1. The van der Waals surface area contributed by atoms with E-state index in [9.17, 15) is 14.4 Å². The first-order valence-electron chi connectivity index (χ1n) is 9.22. The first-order chi connectivity index (χ1) is 12.4. The molecule has 1 atom stereocenters. The maximum atomic E-state index is 12.9. The van der Waals surface area contributed by atoms with Crippen LogP contribution < -0.4 is 11.1 Å². The molecule has 1 aromatic carbocycles. The summed E-state index contributed by atoms with van der Waals surface area (Å²) in [5.41, 5.74) is 9.11. The number of carbonyl (C=O) groups is 3. The number of nitrogens with zero attached hydrogens (tertiary/aromatic N) is 2. The summed E-state index contributed by atoms with van der Waals surface area (Å²) in [6.45, 7) is 2.14. The molecule has 1 unspecified atom stereocenters. The Balaban J connectivity index is 1.38. The number of carbonyl (C=O) groups excluding carboxylic acids is 3. The van der Waals surface area contributed by atoms with Gasteiger partial charge >= 0.3 is 0 Å². The zero-order chi connectivity index (χ0) is 18.1. The summed E-state index contributed by atoms with van der Waals surface area (Å²) in [5, 5.41) is 2.35. The van der Waals surface area contributed by atoms with Crippen LogP contribution in [0.4, 0.5) is 0 Å². The number of amides is 3. The van der Waals surface area contributed by atoms with Crippen LogP contribution in [0, 0.1) is 0 Å². The van der Waals surface area contributed by atoms with Crippen molar-refractivity contribution in [1.29, 1.82) is 0 Å². The monoisotopic (exact) mass is 354 g/mol. The van der Waals surface area contributed by atoms with E-state index in [0.717, 1.165) is 37.1 Å². The molecular formula is C19H22N4O3. The summed E-state index contributed by atoms with van der Waals surface area (Å²) in [7, 11) is 0. The summed E-state index contributed by atoms with van der Waals surface area (Å²) in [6, 6.07) is 5.81. The first-order valence-corrected chi connectivity index (χ1v) is 9.22. The smallest absolute Gasteiger partial charge is 0.255 e. The van der Waals surface area contributed by atoms with Crippen LogP contribution in [0.15, 0.2) is 18.2 Å². The van der Waals surface area contributed by atoms with Crippen molar-refractivity contribution in [2.24, 2.45) is 5.73 Å². The zero-order valence-electron chi connectivity index (χ0n) is 14.5. The molecule has 3 amide bonds. The third-order valence-electron chi connectivity index (χ3n) is 6.37. The molecule has 7 nitrogen and oxygen atoms in total. The number of nitrogens with one attached hydrogen (secondary N) is 1. The second-order valence-corrected chi connectivity index (χ2v) is 8.17. The largest absolute Gasteiger partial charge is 0.324 e. The third-order valence-corrected chi connectivity index (χ3v) is 6.37. The number of nitrogens with two attached hydrogens (primary N) is 1. The molecule has 0 spiro atoms. The van der Waals surface area contributed by atoms with Crippen molar-refractivity contribution >= 4 is 17.7 Å². The molecule has 0 radical (unpaired) electrons. The molecule has 1 saturated carbocycles. The highest BCUT2D eigenvalue weighted by Crippen LogP contribution is 2.43. The van der Waals surface area contributed by atoms with Gasteiger partial charge in [-0.1, -0.05) is 12.1 Å². The summed E-state index contributed by atoms with van der Waals surface area (Å²) >= 11 is 0. The fourth-order valence-electron chi connectivity index (χ4n) is 5.00. The minimum Gasteiger partial charge on any atom is -0.324 e. The Morgan fingerprint density at radius 3 is 2.73 bits per heavy atom. The summed E-state index contributed by atoms with van der Waals surface area (Å²) in [4.78, 5) is 40.5. The first kappa shape index (κ1) is 16.0. The van der Waals surface area contributed by atoms with Gasteiger partial charge in [0.25, 0.3) is 5.91 Å². The molecule has 3 saturated heterocycles. The zero-order valence-corrected chi connectivity index (χ0v) is 14.5. The Labute approximate surface area is 151 Å². The van der Waals surface area contributed by atoms with E-state index < -0.39 is 6.04 Å². The fourth-order valence-corrected chi connectivity index (χ4v) is 5.00. The average Bonchev–Trinajstić information content (AvgIpc) is 3.17. The van der Waals surface area contributed by atoms with Crippen LogP contribution >= 0.6 is 0 Å². The lowest BCUT2D eigenvalue weighted by Crippen LogP contribution is -2.52. The molecule has 6 rings (SSSR count). The lowest BCUT2D eigenvalue weighted by atomic mass is 9.79. The molecule has 1 aromatic rings. The van der Waals surface area contributed by atoms with Crippen molar-refractivity contribution in [1.82, 2.24) is 15.1 Å². The van der Waals surface area contributed by atoms with Crippen LogP contribution in [-0.2, 0) is 22.7 Å². The van der Waals surface area contributed by atoms with Gasteiger partial charge in [-0.2, -0.15) is 0 Å². The van der Waals surface area contributed by atoms with Gasteiger partial charge in [0.1, 0.15) is 6.04 Å². The van der Waals surface area contributed by atoms with Gasteiger partial charge < -0.3 is 10.6 Å². The second-order valence-electron chi connectivity index (χ2n) is 8.17. The van der Waals surface area contributed by atoms with Crippen LogP contribution in [-0.4, -0.2) is 51.7 Å². The van der Waals surface area contributed by atoms with E-state index in [0.29, 0.717) is 24.6 Å². The molecule has 1 aliphatic carbocycles. The highest BCUT2D eigenvalue weighted by molar-refractivity contribution is 6.05. The summed E-state index contributed by atoms with van der Waals surface area (Å²) in [6.07, 6.45) is 2.79. The van der Waals surface area contributed by atoms with E-state index in [2.05, 4.69) is 16.3 Å². The van der Waals surface area contributed by atoms with E-state index in [1.54, 1.807) is 4.90 Å². The predicted molar refractivity (Wildman–Crippen MR) is 92.8 cm³/mol. The lowest BCUT2D eigenvalue weighted by molar-refractivity contribution is -0.136. The molecule has 5 aliphatic rings. The minimum absolute atomic E-state index is 0.0167. The number of imide groups is 1. The lowest BCUT2D eigenvalue weighted by Gasteiger charge is -2.33. The van der Waals surface area contributed by atoms with Gasteiger partial charge in [-0.25, -0.2) is 0 Å². The number of piperidine rings is 1. The van der Waals surface area contributed by atoms with Crippen LogP contribution in [0.1, 0.15) is 47.2 Å². The van der Waals surface area contributed by atoms with E-state index in [4.69, 9.17) is 5.73 Å². The Morgan fingerprint density at radius 2 is 2.04 bits per heavy atom. The Kier molecular flexibility index (Phi) is 3.30. The van der Waals surface area contributed by atoms with Gasteiger partial charge in [0, 0.05) is 43.2 Å². The van der Waals surface area contributed by atoms with E-state index >= 15 is 0 Å². The SMILES string of the molecule is NC12CC(C1)N(Cc1cccc3c1CN(C1CCC(=O)NC1=O)C3=O)C2. The van der Waals surface area contributed by atoms with Gasteiger partial charge in [0.05, 0.1) is 0 Å². The van der Waals surface area contributed by atoms with Gasteiger partial charge in [0.2, 0.25) is 11.8 Å². The van der Waals surface area contributed by atoms with E-state index in [-0.39, 0.29) is 29.7 Å². The molecule has 4 heterocycles. The fraction of sp³-hybridized carbons (Fsp3) is 0.526. The topological polar surface area (TPSA) is 95.7 Å². The van der Waals surface area contributed by atoms with Crippen molar-refractivity contribution in [3.63, 3.8) is 0 Å². The minimum atomic E-state index is -0.563. The molecule has 2 bridgehead atoms. The van der Waals surface area contributed by atoms with Crippen molar-refractivity contribution in [3.8, 4) is 0 Å². The number of rotatable bonds is 3. The maximum absolute atomic E-state index is 12.9. The molecule has 26 heavy (non-hydrogen) atoms. The van der Waals surface area contributed by atoms with E-state index in [1.807, 2.05) is 12.1 Å². The molecule has 3 N–H and O–H groups in total. The Hall–Kier alpha value is -2.25. The van der Waals surface area contributed by atoms with Gasteiger partial charge in [-0.05, 0) is 36.5 Å².